The molecule has 7 N–H and O–H groups in total. The summed E-state index contributed by atoms with van der Waals surface area (Å²) in [6, 6.07) is 9.74. The van der Waals surface area contributed by atoms with E-state index in [0.717, 1.165) is 0 Å². The summed E-state index contributed by atoms with van der Waals surface area (Å²) in [4.78, 5) is 34.5. The van der Waals surface area contributed by atoms with Gasteiger partial charge in [-0.05, 0) is 42.0 Å². The van der Waals surface area contributed by atoms with Crippen LogP contribution in [-0.2, 0) is 14.4 Å². The van der Waals surface area contributed by atoms with Gasteiger partial charge in [-0.3, -0.25) is 15.0 Å². The lowest BCUT2D eigenvalue weighted by atomic mass is 10.0. The Labute approximate surface area is 172 Å². The van der Waals surface area contributed by atoms with Crippen molar-refractivity contribution in [3.8, 4) is 5.75 Å². The van der Waals surface area contributed by atoms with E-state index in [1.165, 1.54) is 19.2 Å². The van der Waals surface area contributed by atoms with Gasteiger partial charge in [0.2, 0.25) is 5.91 Å². The van der Waals surface area contributed by atoms with E-state index in [1.54, 1.807) is 30.3 Å². The highest BCUT2D eigenvalue weighted by atomic mass is 16.5. The van der Waals surface area contributed by atoms with Gasteiger partial charge in [-0.15, -0.1) is 0 Å². The van der Waals surface area contributed by atoms with Crippen LogP contribution in [0.1, 0.15) is 30.0 Å². The molecule has 0 spiro atoms. The van der Waals surface area contributed by atoms with Gasteiger partial charge in [0, 0.05) is 17.7 Å². The van der Waals surface area contributed by atoms with Gasteiger partial charge in [0.1, 0.15) is 11.6 Å². The Morgan fingerprint density at radius 2 is 1.77 bits per heavy atom. The smallest absolute Gasteiger partial charge is 0.330 e. The lowest BCUT2D eigenvalue weighted by Crippen LogP contribution is -2.21. The minimum absolute atomic E-state index is 0.102. The van der Waals surface area contributed by atoms with Crippen LogP contribution in [0, 0.1) is 5.41 Å². The number of nitrogens with two attached hydrogens (primary N) is 1. The average Bonchev–Trinajstić information content (AvgIpc) is 2.70. The lowest BCUT2D eigenvalue weighted by molar-refractivity contribution is -0.139. The first-order chi connectivity index (χ1) is 14.2. The monoisotopic (exact) mass is 414 g/mol. The number of anilines is 2. The maximum absolute atomic E-state index is 12.0. The number of nitrogen functional groups attached to an aromatic ring is 1. The highest BCUT2D eigenvalue weighted by Crippen LogP contribution is 2.30. The molecule has 0 aliphatic heterocycles. The third-order valence-electron chi connectivity index (χ3n) is 4.15. The predicted octanol–water partition coefficient (Wildman–Crippen LogP) is 2.02. The molecule has 2 rings (SSSR count). The SMILES string of the molecule is COc1ccc(C(Nc2ccc(C(=N)N)cc2)C(=O)O)cc1NC(=O)CCC(=O)O. The molecule has 0 heterocycles. The van der Waals surface area contributed by atoms with Crippen molar-refractivity contribution >= 4 is 35.1 Å². The summed E-state index contributed by atoms with van der Waals surface area (Å²) in [5.41, 5.74) is 6.98. The second kappa shape index (κ2) is 9.92. The summed E-state index contributed by atoms with van der Waals surface area (Å²) < 4.78 is 5.19. The minimum Gasteiger partial charge on any atom is -0.495 e. The molecule has 0 fully saturated rings. The molecule has 0 aliphatic rings. The van der Waals surface area contributed by atoms with Crippen LogP contribution < -0.4 is 21.1 Å². The molecule has 1 unspecified atom stereocenters. The van der Waals surface area contributed by atoms with Crippen molar-refractivity contribution in [3.63, 3.8) is 0 Å². The Bertz CT molecular complexity index is 958. The normalized spacial score (nSPS) is 11.2. The fourth-order valence-electron chi connectivity index (χ4n) is 2.64. The van der Waals surface area contributed by atoms with E-state index < -0.39 is 23.9 Å². The van der Waals surface area contributed by atoms with E-state index in [0.29, 0.717) is 22.6 Å². The number of aliphatic carboxylic acids is 2. The number of ether oxygens (including phenoxy) is 1. The molecule has 2 aromatic rings. The van der Waals surface area contributed by atoms with Gasteiger partial charge in [0.25, 0.3) is 0 Å². The third kappa shape index (κ3) is 5.96. The molecule has 10 nitrogen and oxygen atoms in total. The number of carbonyl (C=O) groups is 3. The van der Waals surface area contributed by atoms with Crippen molar-refractivity contribution in [1.82, 2.24) is 0 Å². The Morgan fingerprint density at radius 3 is 2.30 bits per heavy atom. The number of carboxylic acid groups (broad SMARTS) is 2. The van der Waals surface area contributed by atoms with Crippen molar-refractivity contribution in [2.45, 2.75) is 18.9 Å². The van der Waals surface area contributed by atoms with E-state index in [-0.39, 0.29) is 24.4 Å². The van der Waals surface area contributed by atoms with Crippen molar-refractivity contribution in [3.05, 3.63) is 53.6 Å². The molecule has 0 aliphatic carbocycles. The quantitative estimate of drug-likeness (QED) is 0.253. The van der Waals surface area contributed by atoms with Gasteiger partial charge in [-0.1, -0.05) is 6.07 Å². The summed E-state index contributed by atoms with van der Waals surface area (Å²) >= 11 is 0. The molecule has 0 bridgehead atoms. The van der Waals surface area contributed by atoms with Crippen LogP contribution in [0.15, 0.2) is 42.5 Å². The zero-order chi connectivity index (χ0) is 22.3. The first-order valence-corrected chi connectivity index (χ1v) is 8.84. The zero-order valence-electron chi connectivity index (χ0n) is 16.1. The second-order valence-corrected chi connectivity index (χ2v) is 6.31. The van der Waals surface area contributed by atoms with Crippen LogP contribution in [0.4, 0.5) is 11.4 Å². The summed E-state index contributed by atoms with van der Waals surface area (Å²) in [6.07, 6.45) is -0.560. The number of benzene rings is 2. The molecule has 0 saturated heterocycles. The number of amidine groups is 1. The molecule has 158 valence electrons. The second-order valence-electron chi connectivity index (χ2n) is 6.31. The van der Waals surface area contributed by atoms with Crippen LogP contribution in [0.3, 0.4) is 0 Å². The molecule has 0 radical (unpaired) electrons. The molecule has 30 heavy (non-hydrogen) atoms. The predicted molar refractivity (Wildman–Crippen MR) is 110 cm³/mol. The van der Waals surface area contributed by atoms with Crippen molar-refractivity contribution in [2.75, 3.05) is 17.7 Å². The van der Waals surface area contributed by atoms with Gasteiger partial charge in [0.05, 0.1) is 19.2 Å². The fraction of sp³-hybridized carbons (Fsp3) is 0.200. The number of hydrogen-bond acceptors (Lipinski definition) is 6. The number of carboxylic acids is 2. The number of hydrogen-bond donors (Lipinski definition) is 6. The number of methoxy groups -OCH3 is 1. The van der Waals surface area contributed by atoms with E-state index in [4.69, 9.17) is 21.0 Å². The zero-order valence-corrected chi connectivity index (χ0v) is 16.1. The Morgan fingerprint density at radius 1 is 1.10 bits per heavy atom. The summed E-state index contributed by atoms with van der Waals surface area (Å²) in [7, 11) is 1.39. The van der Waals surface area contributed by atoms with Gasteiger partial charge >= 0.3 is 11.9 Å². The maximum Gasteiger partial charge on any atom is 0.330 e. The van der Waals surface area contributed by atoms with Crippen molar-refractivity contribution in [2.24, 2.45) is 5.73 Å². The van der Waals surface area contributed by atoms with Crippen molar-refractivity contribution in [1.29, 1.82) is 5.41 Å². The molecular weight excluding hydrogens is 392 g/mol. The molecule has 1 atom stereocenters. The highest BCUT2D eigenvalue weighted by Gasteiger charge is 2.22. The summed E-state index contributed by atoms with van der Waals surface area (Å²) in [5.74, 6) is -2.59. The fourth-order valence-corrected chi connectivity index (χ4v) is 2.64. The van der Waals surface area contributed by atoms with E-state index >= 15 is 0 Å². The Kier molecular flexibility index (Phi) is 7.34. The number of carbonyl (C=O) groups excluding carboxylic acids is 1. The first kappa shape index (κ1) is 22.2. The largest absolute Gasteiger partial charge is 0.495 e. The topological polar surface area (TPSA) is 175 Å². The molecule has 1 amide bonds. The molecule has 0 saturated carbocycles. The van der Waals surface area contributed by atoms with E-state index in [2.05, 4.69) is 10.6 Å². The number of rotatable bonds is 10. The number of amides is 1. The van der Waals surface area contributed by atoms with Gasteiger partial charge in [-0.2, -0.15) is 0 Å². The van der Waals surface area contributed by atoms with Gasteiger partial charge < -0.3 is 31.3 Å². The van der Waals surface area contributed by atoms with Crippen LogP contribution in [0.25, 0.3) is 0 Å². The van der Waals surface area contributed by atoms with Crippen LogP contribution in [0.5, 0.6) is 5.75 Å². The van der Waals surface area contributed by atoms with Gasteiger partial charge in [-0.25, -0.2) is 4.79 Å². The van der Waals surface area contributed by atoms with Crippen LogP contribution in [-0.4, -0.2) is 41.0 Å². The Hall–Kier alpha value is -4.08. The van der Waals surface area contributed by atoms with E-state index in [9.17, 15) is 19.5 Å². The molecule has 0 aromatic heterocycles. The Balaban J connectivity index is 2.26. The average molecular weight is 414 g/mol. The minimum atomic E-state index is -1.15. The number of nitrogens with one attached hydrogen (secondary N) is 3. The van der Waals surface area contributed by atoms with Crippen molar-refractivity contribution < 1.29 is 29.3 Å². The van der Waals surface area contributed by atoms with E-state index in [1.807, 2.05) is 0 Å². The lowest BCUT2D eigenvalue weighted by Gasteiger charge is -2.19. The highest BCUT2D eigenvalue weighted by molar-refractivity contribution is 5.95. The summed E-state index contributed by atoms with van der Waals surface area (Å²) in [6.45, 7) is 0. The third-order valence-corrected chi connectivity index (χ3v) is 4.15. The molecule has 2 aromatic carbocycles. The first-order valence-electron chi connectivity index (χ1n) is 8.84. The van der Waals surface area contributed by atoms with Gasteiger partial charge in [0.15, 0.2) is 6.04 Å². The molecular formula is C20H22N4O6. The maximum atomic E-state index is 12.0. The summed E-state index contributed by atoms with van der Waals surface area (Å²) in [5, 5.41) is 31.2. The molecule has 10 heteroatoms. The van der Waals surface area contributed by atoms with Crippen LogP contribution in [0.2, 0.25) is 0 Å². The standard InChI is InChI=1S/C20H22N4O6/c1-30-15-7-4-12(10-14(15)24-16(25)8-9-17(26)27)18(20(28)29)23-13-5-2-11(3-6-13)19(21)22/h2-7,10,18,23H,8-9H2,1H3,(H3,21,22)(H,24,25)(H,26,27)(H,28,29). The van der Waals surface area contributed by atoms with Crippen LogP contribution >= 0.6 is 0 Å².